The summed E-state index contributed by atoms with van der Waals surface area (Å²) in [5.74, 6) is 0. The maximum Gasteiger partial charge on any atom is 2.00 e. The molecule has 27 heavy (non-hydrogen) atoms. The van der Waals surface area contributed by atoms with Gasteiger partial charge in [0, 0.05) is 10.6 Å². The molecule has 0 saturated carbocycles. The minimum absolute atomic E-state index is 0. The Kier molecular flexibility index (Phi) is 11.8. The van der Waals surface area contributed by atoms with Crippen LogP contribution in [0.2, 0.25) is 0 Å². The normalized spacial score (nSPS) is 15.1. The van der Waals surface area contributed by atoms with Gasteiger partial charge in [-0.05, 0) is 27.7 Å². The van der Waals surface area contributed by atoms with Gasteiger partial charge in [0.1, 0.15) is 0 Å². The van der Waals surface area contributed by atoms with Gasteiger partial charge in [-0.1, -0.05) is 60.7 Å². The molecule has 0 aliphatic heterocycles. The fraction of sp³-hybridized carbons (Fsp3) is 0.333. The first kappa shape index (κ1) is 26.4. The summed E-state index contributed by atoms with van der Waals surface area (Å²) in [7, 11) is -7.70. The van der Waals surface area contributed by atoms with E-state index in [-0.39, 0.29) is 42.3 Å². The van der Waals surface area contributed by atoms with Gasteiger partial charge in [-0.25, -0.2) is 0 Å². The van der Waals surface area contributed by atoms with Crippen molar-refractivity contribution < 1.29 is 47.4 Å². The molecule has 0 aliphatic carbocycles. The van der Waals surface area contributed by atoms with Gasteiger partial charge >= 0.3 is 19.5 Å². The number of benzene rings is 2. The van der Waals surface area contributed by atoms with E-state index in [0.717, 1.165) is 0 Å². The summed E-state index contributed by atoms with van der Waals surface area (Å²) in [4.78, 5) is 22.9. The molecule has 9 heteroatoms. The summed E-state index contributed by atoms with van der Waals surface area (Å²) in [6.45, 7) is 6.75. The van der Waals surface area contributed by atoms with E-state index in [9.17, 15) is 18.9 Å². The molecule has 0 N–H and O–H groups in total. The Labute approximate surface area is 173 Å². The quantitative estimate of drug-likeness (QED) is 0.482. The summed E-state index contributed by atoms with van der Waals surface area (Å²) in [6.07, 6.45) is -0.632. The van der Waals surface area contributed by atoms with Crippen LogP contribution in [0.3, 0.4) is 0 Å². The smallest absolute Gasteiger partial charge is 0.775 e. The van der Waals surface area contributed by atoms with E-state index < -0.39 is 15.2 Å². The van der Waals surface area contributed by atoms with Gasteiger partial charge in [-0.2, -0.15) is 0 Å². The van der Waals surface area contributed by atoms with Gasteiger partial charge < -0.3 is 28.0 Å². The Hall–Kier alpha value is -0.637. The van der Waals surface area contributed by atoms with Crippen molar-refractivity contribution in [2.24, 2.45) is 0 Å². The monoisotopic (exact) mass is 462 g/mol. The van der Waals surface area contributed by atoms with Crippen LogP contribution in [0.5, 0.6) is 0 Å². The summed E-state index contributed by atoms with van der Waals surface area (Å²) in [5.41, 5.74) is 0. The van der Waals surface area contributed by atoms with Gasteiger partial charge in [0.25, 0.3) is 0 Å². The van der Waals surface area contributed by atoms with Gasteiger partial charge in [-0.15, -0.1) is 0 Å². The third-order valence-electron chi connectivity index (χ3n) is 2.84. The number of rotatable bonds is 6. The van der Waals surface area contributed by atoms with E-state index >= 15 is 0 Å². The molecule has 0 fully saturated rings. The van der Waals surface area contributed by atoms with E-state index in [0.29, 0.717) is 0 Å². The van der Waals surface area contributed by atoms with Crippen LogP contribution in [-0.4, -0.2) is 12.2 Å². The molecule has 0 saturated heterocycles. The zero-order valence-corrected chi connectivity index (χ0v) is 20.7. The third-order valence-corrected chi connectivity index (χ3v) is 6.10. The summed E-state index contributed by atoms with van der Waals surface area (Å²) >= 11 is 0. The van der Waals surface area contributed by atoms with Gasteiger partial charge in [0.05, 0.1) is 12.2 Å². The first-order valence-corrected chi connectivity index (χ1v) is 11.2. The predicted molar refractivity (Wildman–Crippen MR) is 99.8 cm³/mol. The van der Waals surface area contributed by atoms with Crippen LogP contribution in [-0.2, 0) is 37.7 Å². The van der Waals surface area contributed by atoms with Gasteiger partial charge in [0.15, 0.2) is 15.2 Å². The maximum absolute atomic E-state index is 11.4. The number of hydrogen-bond donors (Lipinski definition) is 0. The van der Waals surface area contributed by atoms with Crippen molar-refractivity contribution in [2.45, 2.75) is 39.9 Å². The molecule has 0 bridgehead atoms. The average molecular weight is 464 g/mol. The molecule has 0 aliphatic rings. The van der Waals surface area contributed by atoms with Crippen molar-refractivity contribution >= 4 is 25.8 Å². The first-order chi connectivity index (χ1) is 12.0. The molecule has 0 spiro atoms. The molecule has 144 valence electrons. The van der Waals surface area contributed by atoms with Crippen molar-refractivity contribution in [3.63, 3.8) is 0 Å². The first-order valence-electron chi connectivity index (χ1n) is 8.14. The van der Waals surface area contributed by atoms with E-state index in [4.69, 9.17) is 9.05 Å². The molecule has 0 heterocycles. The number of hydrogen-bond acceptors (Lipinski definition) is 6. The topological polar surface area (TPSA) is 98.7 Å². The second-order valence-corrected chi connectivity index (χ2v) is 9.42. The third kappa shape index (κ3) is 9.92. The minimum atomic E-state index is -3.85. The Morgan fingerprint density at radius 3 is 1.15 bits per heavy atom. The molecule has 2 aromatic carbocycles. The molecule has 6 nitrogen and oxygen atoms in total. The van der Waals surface area contributed by atoms with Crippen molar-refractivity contribution in [1.82, 2.24) is 0 Å². The minimum Gasteiger partial charge on any atom is -0.775 e. The molecule has 2 atom stereocenters. The molecule has 0 radical (unpaired) electrons. The van der Waals surface area contributed by atoms with Gasteiger partial charge in [-0.3, -0.25) is 0 Å². The molecule has 2 aromatic rings. The van der Waals surface area contributed by atoms with Crippen LogP contribution in [0.4, 0.5) is 0 Å². The van der Waals surface area contributed by atoms with Gasteiger partial charge in [0.2, 0.25) is 0 Å². The van der Waals surface area contributed by atoms with Crippen LogP contribution in [0.15, 0.2) is 60.7 Å². The van der Waals surface area contributed by atoms with E-state index in [1.165, 1.54) is 24.3 Å². The zero-order valence-electron chi connectivity index (χ0n) is 16.0. The molecular weight excluding hydrogens is 440 g/mol. The summed E-state index contributed by atoms with van der Waals surface area (Å²) in [6, 6.07) is 16.3. The molecule has 0 aromatic heterocycles. The van der Waals surface area contributed by atoms with Crippen molar-refractivity contribution in [2.75, 3.05) is 0 Å². The molecule has 0 amide bonds. The SMILES string of the molecule is CC(C)OP(=O)([O-])c1ccccc1.CC(C)OP(=O)([O-])c1ccccc1.[Zn+2]. The van der Waals surface area contributed by atoms with Crippen LogP contribution >= 0.6 is 15.2 Å². The van der Waals surface area contributed by atoms with Crippen LogP contribution < -0.4 is 20.4 Å². The van der Waals surface area contributed by atoms with Crippen LogP contribution in [0.25, 0.3) is 0 Å². The van der Waals surface area contributed by atoms with Crippen molar-refractivity contribution in [3.05, 3.63) is 60.7 Å². The summed E-state index contributed by atoms with van der Waals surface area (Å²) < 4.78 is 32.5. The fourth-order valence-corrected chi connectivity index (χ4v) is 4.33. The second-order valence-electron chi connectivity index (χ2n) is 5.97. The van der Waals surface area contributed by atoms with E-state index in [1.54, 1.807) is 64.1 Å². The predicted octanol–water partition coefficient (Wildman–Crippen LogP) is 2.58. The standard InChI is InChI=1S/2C9H13O3P.Zn/c2*1-8(2)12-13(10,11)9-6-4-3-5-7-9;/h2*3-8H,1-2H3,(H,10,11);/q;;+2/p-2. The van der Waals surface area contributed by atoms with E-state index in [1.807, 2.05) is 0 Å². The van der Waals surface area contributed by atoms with Crippen LogP contribution in [0, 0.1) is 0 Å². The maximum atomic E-state index is 11.4. The van der Waals surface area contributed by atoms with E-state index in [2.05, 4.69) is 0 Å². The fourth-order valence-electron chi connectivity index (χ4n) is 1.90. The Morgan fingerprint density at radius 2 is 0.926 bits per heavy atom. The average Bonchev–Trinajstić information content (AvgIpc) is 2.55. The van der Waals surface area contributed by atoms with Crippen molar-refractivity contribution in [1.29, 1.82) is 0 Å². The summed E-state index contributed by atoms with van der Waals surface area (Å²) in [5, 5.41) is 0.451. The molecule has 2 unspecified atom stereocenters. The Morgan fingerprint density at radius 1 is 0.667 bits per heavy atom. The Bertz CT molecular complexity index is 687. The zero-order chi connectivity index (χ0) is 19.8. The molecular formula is C18H24O6P2Zn. The second kappa shape index (κ2) is 12.0. The largest absolute Gasteiger partial charge is 2.00 e. The molecule has 2 rings (SSSR count). The van der Waals surface area contributed by atoms with Crippen LogP contribution in [0.1, 0.15) is 27.7 Å². The Balaban J connectivity index is 0.000000483. The van der Waals surface area contributed by atoms with Crippen molar-refractivity contribution in [3.8, 4) is 0 Å².